The molecule has 2 rings (SSSR count). The molecule has 0 aliphatic heterocycles. The highest BCUT2D eigenvalue weighted by Crippen LogP contribution is 2.38. The SMILES string of the molecule is CCCCCCCc1cc(O)c(Oc2ccccc2)c(S(=O)(=O)O)c1. The second-order valence-electron chi connectivity index (χ2n) is 6.00. The van der Waals surface area contributed by atoms with Gasteiger partial charge >= 0.3 is 0 Å². The first kappa shape index (κ1) is 19.3. The van der Waals surface area contributed by atoms with Crippen molar-refractivity contribution in [3.05, 3.63) is 48.0 Å². The predicted molar refractivity (Wildman–Crippen MR) is 96.9 cm³/mol. The van der Waals surface area contributed by atoms with Crippen molar-refractivity contribution < 1.29 is 22.8 Å². The average molecular weight is 364 g/mol. The van der Waals surface area contributed by atoms with Crippen molar-refractivity contribution in [3.8, 4) is 17.2 Å². The van der Waals surface area contributed by atoms with E-state index in [0.29, 0.717) is 17.7 Å². The van der Waals surface area contributed by atoms with E-state index >= 15 is 0 Å². The Bertz CT molecular complexity index is 785. The van der Waals surface area contributed by atoms with E-state index in [9.17, 15) is 18.1 Å². The molecule has 0 fully saturated rings. The van der Waals surface area contributed by atoms with Gasteiger partial charge in [-0.05, 0) is 42.7 Å². The highest BCUT2D eigenvalue weighted by molar-refractivity contribution is 7.86. The van der Waals surface area contributed by atoms with E-state index in [1.807, 2.05) is 0 Å². The van der Waals surface area contributed by atoms with Gasteiger partial charge in [0.25, 0.3) is 10.1 Å². The Labute approximate surface area is 149 Å². The van der Waals surface area contributed by atoms with E-state index in [0.717, 1.165) is 25.7 Å². The summed E-state index contributed by atoms with van der Waals surface area (Å²) in [6, 6.07) is 11.4. The first-order valence-corrected chi connectivity index (χ1v) is 9.92. The third-order valence-corrected chi connectivity index (χ3v) is 4.76. The molecule has 0 amide bonds. The summed E-state index contributed by atoms with van der Waals surface area (Å²) in [7, 11) is -4.52. The molecule has 0 bridgehead atoms. The number of unbranched alkanes of at least 4 members (excludes halogenated alkanes) is 4. The van der Waals surface area contributed by atoms with Crippen LogP contribution in [0.1, 0.15) is 44.6 Å². The van der Waals surface area contributed by atoms with E-state index in [1.165, 1.54) is 18.6 Å². The lowest BCUT2D eigenvalue weighted by Crippen LogP contribution is -2.03. The molecule has 2 aromatic rings. The second kappa shape index (κ2) is 8.87. The molecular weight excluding hydrogens is 340 g/mol. The van der Waals surface area contributed by atoms with Crippen LogP contribution in [0.3, 0.4) is 0 Å². The zero-order valence-corrected chi connectivity index (χ0v) is 15.1. The Kier molecular flexibility index (Phi) is 6.84. The minimum atomic E-state index is -4.52. The van der Waals surface area contributed by atoms with Gasteiger partial charge in [0, 0.05) is 0 Å². The number of aryl methyl sites for hydroxylation is 1. The molecule has 0 heterocycles. The number of phenolic OH excluding ortho intramolecular Hbond substituents is 1. The molecule has 0 unspecified atom stereocenters. The molecule has 0 spiro atoms. The molecule has 0 saturated carbocycles. The Morgan fingerprint density at radius 1 is 1.00 bits per heavy atom. The van der Waals surface area contributed by atoms with E-state index in [2.05, 4.69) is 6.92 Å². The van der Waals surface area contributed by atoms with Gasteiger partial charge in [-0.3, -0.25) is 4.55 Å². The Hall–Kier alpha value is -2.05. The molecule has 2 N–H and O–H groups in total. The molecule has 25 heavy (non-hydrogen) atoms. The Morgan fingerprint density at radius 3 is 2.32 bits per heavy atom. The summed E-state index contributed by atoms with van der Waals surface area (Å²) in [5.74, 6) is -0.194. The average Bonchev–Trinajstić information content (AvgIpc) is 2.56. The summed E-state index contributed by atoms with van der Waals surface area (Å²) in [5, 5.41) is 10.2. The van der Waals surface area contributed by atoms with E-state index in [-0.39, 0.29) is 11.5 Å². The maximum Gasteiger partial charge on any atom is 0.298 e. The summed E-state index contributed by atoms with van der Waals surface area (Å²) in [6.45, 7) is 2.14. The fraction of sp³-hybridized carbons (Fsp3) is 0.368. The van der Waals surface area contributed by atoms with E-state index in [4.69, 9.17) is 4.74 Å². The normalized spacial score (nSPS) is 11.4. The van der Waals surface area contributed by atoms with Gasteiger partial charge < -0.3 is 9.84 Å². The third-order valence-electron chi connectivity index (χ3n) is 3.91. The minimum absolute atomic E-state index is 0.261. The van der Waals surface area contributed by atoms with Crippen LogP contribution in [0, 0.1) is 0 Å². The summed E-state index contributed by atoms with van der Waals surface area (Å²) in [5.41, 5.74) is 0.655. The number of rotatable bonds is 9. The number of ether oxygens (including phenoxy) is 1. The Morgan fingerprint density at radius 2 is 1.68 bits per heavy atom. The van der Waals surface area contributed by atoms with Crippen molar-refractivity contribution in [2.75, 3.05) is 0 Å². The minimum Gasteiger partial charge on any atom is -0.504 e. The number of benzene rings is 2. The van der Waals surface area contributed by atoms with Crippen LogP contribution < -0.4 is 4.74 Å². The number of para-hydroxylation sites is 1. The molecule has 0 aliphatic rings. The predicted octanol–water partition coefficient (Wildman–Crippen LogP) is 4.94. The summed E-state index contributed by atoms with van der Waals surface area (Å²) >= 11 is 0. The van der Waals surface area contributed by atoms with Crippen molar-refractivity contribution in [1.82, 2.24) is 0 Å². The van der Waals surface area contributed by atoms with Crippen molar-refractivity contribution in [2.45, 2.75) is 50.3 Å². The first-order chi connectivity index (χ1) is 11.9. The standard InChI is InChI=1S/C19H24O5S/c1-2-3-4-5-7-10-15-13-17(20)19(18(14-15)25(21,22)23)24-16-11-8-6-9-12-16/h6,8-9,11-14,20H,2-5,7,10H2,1H3,(H,21,22,23). The summed E-state index contributed by atoms with van der Waals surface area (Å²) in [4.78, 5) is -0.417. The van der Waals surface area contributed by atoms with Crippen LogP contribution in [0.25, 0.3) is 0 Å². The quantitative estimate of drug-likeness (QED) is 0.486. The fourth-order valence-electron chi connectivity index (χ4n) is 2.62. The smallest absolute Gasteiger partial charge is 0.298 e. The highest BCUT2D eigenvalue weighted by atomic mass is 32.2. The van der Waals surface area contributed by atoms with Gasteiger partial charge in [0.15, 0.2) is 11.5 Å². The van der Waals surface area contributed by atoms with Gasteiger partial charge in [0.05, 0.1) is 0 Å². The zero-order chi connectivity index (χ0) is 18.3. The maximum absolute atomic E-state index is 11.7. The lowest BCUT2D eigenvalue weighted by molar-refractivity contribution is 0.396. The van der Waals surface area contributed by atoms with Crippen molar-refractivity contribution in [1.29, 1.82) is 0 Å². The number of hydrogen-bond acceptors (Lipinski definition) is 4. The van der Waals surface area contributed by atoms with Gasteiger partial charge in [-0.2, -0.15) is 8.42 Å². The van der Waals surface area contributed by atoms with Crippen LogP contribution in [0.2, 0.25) is 0 Å². The van der Waals surface area contributed by atoms with Crippen molar-refractivity contribution >= 4 is 10.1 Å². The van der Waals surface area contributed by atoms with Gasteiger partial charge in [0.2, 0.25) is 0 Å². The first-order valence-electron chi connectivity index (χ1n) is 8.48. The number of phenols is 1. The molecule has 0 atom stereocenters. The maximum atomic E-state index is 11.7. The Balaban J connectivity index is 2.24. The van der Waals surface area contributed by atoms with E-state index in [1.54, 1.807) is 30.3 Å². The van der Waals surface area contributed by atoms with Crippen LogP contribution in [0.4, 0.5) is 0 Å². The lowest BCUT2D eigenvalue weighted by atomic mass is 10.0. The van der Waals surface area contributed by atoms with Crippen LogP contribution in [0.15, 0.2) is 47.4 Å². The molecule has 136 valence electrons. The lowest BCUT2D eigenvalue weighted by Gasteiger charge is -2.13. The molecule has 0 aliphatic carbocycles. The van der Waals surface area contributed by atoms with Crippen LogP contribution in [-0.2, 0) is 16.5 Å². The highest BCUT2D eigenvalue weighted by Gasteiger charge is 2.22. The van der Waals surface area contributed by atoms with E-state index < -0.39 is 15.0 Å². The van der Waals surface area contributed by atoms with Gasteiger partial charge in [-0.1, -0.05) is 50.8 Å². The van der Waals surface area contributed by atoms with Crippen molar-refractivity contribution in [3.63, 3.8) is 0 Å². The second-order valence-corrected chi connectivity index (χ2v) is 7.39. The largest absolute Gasteiger partial charge is 0.504 e. The van der Waals surface area contributed by atoms with Crippen LogP contribution in [-0.4, -0.2) is 18.1 Å². The third kappa shape index (κ3) is 5.76. The molecule has 5 nitrogen and oxygen atoms in total. The summed E-state index contributed by atoms with van der Waals surface area (Å²) in [6.07, 6.45) is 6.01. The topological polar surface area (TPSA) is 83.8 Å². The van der Waals surface area contributed by atoms with Crippen molar-refractivity contribution in [2.24, 2.45) is 0 Å². The van der Waals surface area contributed by atoms with Gasteiger partial charge in [-0.25, -0.2) is 0 Å². The summed E-state index contributed by atoms with van der Waals surface area (Å²) < 4.78 is 38.5. The molecule has 0 saturated heterocycles. The van der Waals surface area contributed by atoms with Crippen LogP contribution in [0.5, 0.6) is 17.2 Å². The van der Waals surface area contributed by atoms with Gasteiger partial charge in [-0.15, -0.1) is 0 Å². The number of hydrogen-bond donors (Lipinski definition) is 2. The monoisotopic (exact) mass is 364 g/mol. The molecule has 0 radical (unpaired) electrons. The number of aromatic hydroxyl groups is 1. The molecule has 0 aromatic heterocycles. The molecule has 6 heteroatoms. The fourth-order valence-corrected chi connectivity index (χ4v) is 3.30. The van der Waals surface area contributed by atoms with Gasteiger partial charge in [0.1, 0.15) is 10.6 Å². The zero-order valence-electron chi connectivity index (χ0n) is 14.3. The molecular formula is C19H24O5S. The van der Waals surface area contributed by atoms with Crippen LogP contribution >= 0.6 is 0 Å². The molecule has 2 aromatic carbocycles.